The van der Waals surface area contributed by atoms with Gasteiger partial charge in [-0.25, -0.2) is 0 Å². The van der Waals surface area contributed by atoms with Gasteiger partial charge in [0, 0.05) is 103 Å². The summed E-state index contributed by atoms with van der Waals surface area (Å²) < 4.78 is 62.9. The second kappa shape index (κ2) is 31.1. The number of morpholine rings is 2. The number of carbonyl (C=O) groups is 3. The van der Waals surface area contributed by atoms with Gasteiger partial charge in [-0.15, -0.1) is 0 Å². The van der Waals surface area contributed by atoms with Gasteiger partial charge in [0.2, 0.25) is 0 Å². The number of nitrogens with zero attached hydrogens (tertiary/aromatic N) is 4. The maximum Gasteiger partial charge on any atom is 1.00 e. The van der Waals surface area contributed by atoms with E-state index in [0.29, 0.717) is 66.1 Å². The molecule has 0 bridgehead atoms. The first kappa shape index (κ1) is 88.8. The fourth-order valence-corrected chi connectivity index (χ4v) is 31.5. The van der Waals surface area contributed by atoms with E-state index in [0.717, 1.165) is 111 Å². The molecule has 27 atom stereocenters. The van der Waals surface area contributed by atoms with Gasteiger partial charge >= 0.3 is 41.5 Å². The smallest absolute Gasteiger partial charge is 1.00 e. The van der Waals surface area contributed by atoms with Gasteiger partial charge in [-0.05, 0) is 241 Å². The molecule has 3 N–H and O–H groups in total. The molecule has 22 heteroatoms. The SMILES string of the molecule is C.C.CC(=O)O[C@@H](C1C[C@@H](C)[C@H]2C(O1)C(=O)[C@@]1(C)C3CC[C@H]4C(C)(C)[C@@H](O[C@H]5CN(C6CCN(C7COC7)CC6)CCO5)CCC45C[C@@]35CC[C@]21C)C(C)(C)O.CC(=O)O[C@@H](C1C[C@@H](C)[C@H]2C(O1)[C@H](O)[C@@]1(C)C3CC[C@H]4C(C)(C)[C@@H](O[C@H]5CN(C6CCN(C7COC7)CC6)CCO5)CCC45C[C@@]35CC[C@]21C)C(C)(C)O.[B].[H-].[Na+]. The van der Waals surface area contributed by atoms with Gasteiger partial charge in [-0.3, -0.25) is 34.0 Å². The summed E-state index contributed by atoms with van der Waals surface area (Å²) in [6.07, 6.45) is 18.4. The van der Waals surface area contributed by atoms with Crippen molar-refractivity contribution in [1.29, 1.82) is 0 Å². The summed E-state index contributed by atoms with van der Waals surface area (Å²) >= 11 is 0. The number of esters is 2. The van der Waals surface area contributed by atoms with E-state index in [-0.39, 0.29) is 158 Å². The van der Waals surface area contributed by atoms with E-state index in [1.54, 1.807) is 27.7 Å². The minimum absolute atomic E-state index is 0. The number of likely N-dealkylation sites (tertiary alicyclic amines) is 2. The summed E-state index contributed by atoms with van der Waals surface area (Å²) in [6.45, 7) is 47.2. The van der Waals surface area contributed by atoms with Crippen molar-refractivity contribution >= 4 is 26.1 Å². The van der Waals surface area contributed by atoms with Crippen LogP contribution >= 0.6 is 0 Å². The third-order valence-electron chi connectivity index (χ3n) is 37.0. The van der Waals surface area contributed by atoms with Crippen molar-refractivity contribution in [2.75, 3.05) is 92.0 Å². The Morgan fingerprint density at radius 2 is 0.920 bits per heavy atom. The molecule has 4 spiro atoms. The van der Waals surface area contributed by atoms with Gasteiger partial charge in [-0.2, -0.15) is 0 Å². The molecule has 10 saturated carbocycles. The normalized spacial score (nSPS) is 47.6. The fourth-order valence-electron chi connectivity index (χ4n) is 31.5. The number of aliphatic hydroxyl groups excluding tert-OH is 1. The van der Waals surface area contributed by atoms with Crippen LogP contribution in [0.15, 0.2) is 0 Å². The van der Waals surface area contributed by atoms with E-state index in [1.807, 2.05) is 0 Å². The summed E-state index contributed by atoms with van der Waals surface area (Å²) in [5, 5.41) is 34.8. The van der Waals surface area contributed by atoms with E-state index >= 15 is 4.79 Å². The number of hydrogen-bond donors (Lipinski definition) is 3. The first-order valence-corrected chi connectivity index (χ1v) is 43.9. The molecule has 0 aromatic carbocycles. The summed E-state index contributed by atoms with van der Waals surface area (Å²) in [5.74, 6) is 2.20. The summed E-state index contributed by atoms with van der Waals surface area (Å²) in [5.41, 5.74) is -2.37. The van der Waals surface area contributed by atoms with Crippen LogP contribution in [0.1, 0.15) is 255 Å². The predicted molar refractivity (Wildman–Crippen MR) is 426 cm³/mol. The summed E-state index contributed by atoms with van der Waals surface area (Å²) in [4.78, 5) is 50.0. The summed E-state index contributed by atoms with van der Waals surface area (Å²) in [6, 6.07) is 2.49. The Bertz CT molecular complexity index is 3380. The third-order valence-corrected chi connectivity index (χ3v) is 37.0. The van der Waals surface area contributed by atoms with Crippen LogP contribution in [-0.4, -0.2) is 256 Å². The van der Waals surface area contributed by atoms with Crippen molar-refractivity contribution in [3.8, 4) is 0 Å². The predicted octanol–water partition coefficient (Wildman–Crippen LogP) is 9.03. The van der Waals surface area contributed by atoms with Crippen molar-refractivity contribution in [3.05, 3.63) is 0 Å². The average molecular weight is 1580 g/mol. The Kier molecular flexibility index (Phi) is 24.7. The van der Waals surface area contributed by atoms with E-state index in [4.69, 9.17) is 47.4 Å². The molecule has 8 aliphatic heterocycles. The molecule has 18 rings (SSSR count). The average Bonchev–Trinajstić information content (AvgIpc) is 1.46. The zero-order chi connectivity index (χ0) is 76.4. The third kappa shape index (κ3) is 13.5. The topological polar surface area (TPSA) is 217 Å². The van der Waals surface area contributed by atoms with Gasteiger partial charge in [0.1, 0.15) is 6.10 Å². The number of Topliss-reactive ketones (excluding diaryl/α,β-unsaturated/α-hetero) is 1. The van der Waals surface area contributed by atoms with Crippen LogP contribution in [-0.2, 0) is 61.8 Å². The molecule has 18 fully saturated rings. The molecule has 18 aliphatic rings. The molecule has 20 nitrogen and oxygen atoms in total. The number of fused-ring (bicyclic) bond motifs is 8. The number of piperidine rings is 2. The molecule has 10 aliphatic carbocycles. The second-order valence-electron chi connectivity index (χ2n) is 43.0. The van der Waals surface area contributed by atoms with Crippen molar-refractivity contribution in [1.82, 2.24) is 19.6 Å². The molecule has 8 unspecified atom stereocenters. The van der Waals surface area contributed by atoms with E-state index in [1.165, 1.54) is 111 Å². The van der Waals surface area contributed by atoms with Crippen LogP contribution in [0.25, 0.3) is 0 Å². The molecule has 0 aromatic rings. The molecule has 8 saturated heterocycles. The largest absolute Gasteiger partial charge is 1.00 e. The maximum absolute atomic E-state index is 15.1. The number of ketones is 1. The Morgan fingerprint density at radius 1 is 0.518 bits per heavy atom. The van der Waals surface area contributed by atoms with Gasteiger partial charge in [0.15, 0.2) is 30.6 Å². The van der Waals surface area contributed by atoms with Crippen molar-refractivity contribution in [2.45, 2.75) is 357 Å². The first-order chi connectivity index (χ1) is 50.9. The Morgan fingerprint density at radius 3 is 1.35 bits per heavy atom. The van der Waals surface area contributed by atoms with Crippen LogP contribution in [0.3, 0.4) is 0 Å². The van der Waals surface area contributed by atoms with Gasteiger partial charge < -0.3 is 64.1 Å². The summed E-state index contributed by atoms with van der Waals surface area (Å²) in [7, 11) is 0. The minimum atomic E-state index is -1.28. The number of aliphatic hydroxyl groups is 3. The molecular formula is C90H151BN4NaO16. The van der Waals surface area contributed by atoms with Crippen LogP contribution < -0.4 is 29.6 Å². The monoisotopic (exact) mass is 1580 g/mol. The van der Waals surface area contributed by atoms with Crippen molar-refractivity contribution < 1.29 is 108 Å². The Labute approximate surface area is 699 Å². The molecule has 0 amide bonds. The van der Waals surface area contributed by atoms with E-state index < -0.39 is 65.2 Å². The number of rotatable bonds is 14. The fraction of sp³-hybridized carbons (Fsp3) is 0.967. The zero-order valence-corrected chi connectivity index (χ0v) is 72.8. The van der Waals surface area contributed by atoms with Gasteiger partial charge in [0.05, 0.1) is 99.6 Å². The Hall–Kier alpha value is -0.925. The Balaban J connectivity index is 0.000000200. The molecular weight excluding hydrogens is 1430 g/mol. The second-order valence-corrected chi connectivity index (χ2v) is 43.0. The molecule has 112 heavy (non-hydrogen) atoms. The van der Waals surface area contributed by atoms with E-state index in [9.17, 15) is 24.9 Å². The molecule has 3 radical (unpaired) electrons. The van der Waals surface area contributed by atoms with Gasteiger partial charge in [0.25, 0.3) is 0 Å². The van der Waals surface area contributed by atoms with Crippen molar-refractivity contribution in [3.63, 3.8) is 0 Å². The van der Waals surface area contributed by atoms with Gasteiger partial charge in [-0.1, -0.05) is 84.1 Å². The zero-order valence-electron chi connectivity index (χ0n) is 71.8. The van der Waals surface area contributed by atoms with Crippen LogP contribution in [0, 0.1) is 101 Å². The quantitative estimate of drug-likeness (QED) is 0.109. The number of hydrogen-bond acceptors (Lipinski definition) is 20. The van der Waals surface area contributed by atoms with E-state index in [2.05, 4.69) is 88.8 Å². The number of carbonyl (C=O) groups excluding carboxylic acids is 3. The molecule has 631 valence electrons. The first-order valence-electron chi connectivity index (χ1n) is 43.9. The van der Waals surface area contributed by atoms with Crippen LogP contribution in [0.5, 0.6) is 0 Å². The van der Waals surface area contributed by atoms with Crippen LogP contribution in [0.4, 0.5) is 0 Å². The molecule has 0 aromatic heterocycles. The minimum Gasteiger partial charge on any atom is -1.00 e. The molecule has 8 heterocycles. The maximum atomic E-state index is 15.1. The van der Waals surface area contributed by atoms with Crippen molar-refractivity contribution in [2.24, 2.45) is 101 Å². The number of ether oxygens (including phenoxy) is 10. The van der Waals surface area contributed by atoms with Crippen LogP contribution in [0.2, 0.25) is 0 Å². The standard InChI is InChI=1S/C44H72N2O8.C44H70N2O8.2CH4.B.Na.H/c2*1-26-21-30(38(40(5,6)49)52-27(2)47)53-36-35(26)41(7)15-16-44-25-43(44)14-11-33(39(3,4)31(43)9-10-32(44)42(41,8)37(36)48)54-34-22-46(19-20-51-34)28-12-17-45(18-13-28)29-23-50-24-29;;;;;/h26,28-38,48-49H,9-25H2,1-8H3;26,28-36,38,49H,9-25H2,1-8H3;2*1H4;;;/q;;;;;+1;-1/t26-,30?,31+,32?,33+,34+,35+,36?,37+,38+,41-,42-,43?,44+;26-,30?,31+,32?,33+,34+,35+,36?,38+,41-,42-,43?,44+;;;;;/m11...../s1.